The van der Waals surface area contributed by atoms with Gasteiger partial charge >= 0.3 is 0 Å². The first kappa shape index (κ1) is 18.1. The van der Waals surface area contributed by atoms with Crippen LogP contribution >= 0.6 is 11.6 Å². The molecule has 0 spiro atoms. The lowest BCUT2D eigenvalue weighted by Gasteiger charge is -2.18. The van der Waals surface area contributed by atoms with E-state index in [1.807, 2.05) is 30.3 Å². The summed E-state index contributed by atoms with van der Waals surface area (Å²) in [6.07, 6.45) is 7.18. The summed E-state index contributed by atoms with van der Waals surface area (Å²) < 4.78 is 0. The zero-order valence-electron chi connectivity index (χ0n) is 15.1. The van der Waals surface area contributed by atoms with E-state index in [4.69, 9.17) is 23.8 Å². The highest BCUT2D eigenvalue weighted by atomic mass is 35.5. The fraction of sp³-hybridized carbons (Fsp3) is 0.130. The van der Waals surface area contributed by atoms with Gasteiger partial charge in [0.05, 0.1) is 16.3 Å². The number of hydrogen-bond acceptors (Lipinski definition) is 3. The highest BCUT2D eigenvalue weighted by Crippen LogP contribution is 2.46. The van der Waals surface area contributed by atoms with E-state index in [0.717, 1.165) is 35.2 Å². The van der Waals surface area contributed by atoms with Crippen molar-refractivity contribution in [2.45, 2.75) is 18.4 Å². The lowest BCUT2D eigenvalue weighted by Crippen LogP contribution is -2.34. The number of pyridine rings is 1. The molecular formula is C23H18ClN3O. The van der Waals surface area contributed by atoms with Gasteiger partial charge in [-0.3, -0.25) is 4.79 Å². The second-order valence-electron chi connectivity index (χ2n) is 6.90. The first-order chi connectivity index (χ1) is 13.5. The van der Waals surface area contributed by atoms with Gasteiger partial charge in [0.2, 0.25) is 0 Å². The fourth-order valence-electron chi connectivity index (χ4n) is 3.20. The van der Waals surface area contributed by atoms with Gasteiger partial charge in [0.1, 0.15) is 5.82 Å². The topological polar surface area (TPSA) is 68.0 Å². The lowest BCUT2D eigenvalue weighted by atomic mass is 10.0. The van der Waals surface area contributed by atoms with E-state index in [9.17, 15) is 4.79 Å². The number of benzene rings is 2. The summed E-state index contributed by atoms with van der Waals surface area (Å²) in [6.45, 7) is 0. The number of carbonyl (C=O) groups excluding carboxylic acids is 1. The van der Waals surface area contributed by atoms with Crippen molar-refractivity contribution in [1.82, 2.24) is 10.3 Å². The molecule has 1 fully saturated rings. The molecule has 5 heteroatoms. The Kier molecular flexibility index (Phi) is 4.54. The summed E-state index contributed by atoms with van der Waals surface area (Å²) in [5.74, 6) is 2.76. The van der Waals surface area contributed by atoms with E-state index in [1.54, 1.807) is 30.3 Å². The van der Waals surface area contributed by atoms with E-state index in [2.05, 4.69) is 16.2 Å². The maximum Gasteiger partial charge on any atom is 0.251 e. The zero-order chi connectivity index (χ0) is 19.7. The van der Waals surface area contributed by atoms with Crippen molar-refractivity contribution in [2.24, 2.45) is 0 Å². The minimum absolute atomic E-state index is 0.0997. The molecule has 4 nitrogen and oxygen atoms in total. The van der Waals surface area contributed by atoms with Gasteiger partial charge in [-0.25, -0.2) is 4.98 Å². The number of aromatic nitrogens is 1. The zero-order valence-corrected chi connectivity index (χ0v) is 15.8. The number of anilines is 1. The molecule has 1 aliphatic rings. The molecule has 2 aromatic carbocycles. The van der Waals surface area contributed by atoms with Crippen molar-refractivity contribution in [3.63, 3.8) is 0 Å². The number of terminal acetylenes is 1. The van der Waals surface area contributed by atoms with Gasteiger partial charge in [0.15, 0.2) is 0 Å². The van der Waals surface area contributed by atoms with E-state index in [-0.39, 0.29) is 11.4 Å². The van der Waals surface area contributed by atoms with E-state index in [0.29, 0.717) is 16.4 Å². The van der Waals surface area contributed by atoms with Gasteiger partial charge in [-0.15, -0.1) is 6.42 Å². The van der Waals surface area contributed by atoms with Crippen LogP contribution in [0.4, 0.5) is 5.82 Å². The third-order valence-corrected chi connectivity index (χ3v) is 5.34. The van der Waals surface area contributed by atoms with Crippen LogP contribution in [0.25, 0.3) is 11.3 Å². The Labute approximate surface area is 168 Å². The summed E-state index contributed by atoms with van der Waals surface area (Å²) in [5.41, 5.74) is 9.61. The molecule has 1 aromatic heterocycles. The van der Waals surface area contributed by atoms with Crippen LogP contribution in [0.5, 0.6) is 0 Å². The van der Waals surface area contributed by atoms with Gasteiger partial charge in [-0.05, 0) is 54.8 Å². The molecule has 0 aliphatic heterocycles. The Morgan fingerprint density at radius 2 is 1.75 bits per heavy atom. The van der Waals surface area contributed by atoms with E-state index >= 15 is 0 Å². The summed E-state index contributed by atoms with van der Waals surface area (Å²) >= 11 is 5.94. The Balaban J connectivity index is 1.52. The maximum absolute atomic E-state index is 12.6. The monoisotopic (exact) mass is 387 g/mol. The van der Waals surface area contributed by atoms with Gasteiger partial charge in [-0.2, -0.15) is 0 Å². The van der Waals surface area contributed by atoms with Crippen LogP contribution in [0.15, 0.2) is 60.7 Å². The summed E-state index contributed by atoms with van der Waals surface area (Å²) in [6, 6.07) is 18.6. The molecule has 0 unspecified atom stereocenters. The lowest BCUT2D eigenvalue weighted by molar-refractivity contribution is 0.0931. The molecule has 1 amide bonds. The molecule has 3 N–H and O–H groups in total. The Bertz CT molecular complexity index is 1080. The molecular weight excluding hydrogens is 370 g/mol. The van der Waals surface area contributed by atoms with Crippen molar-refractivity contribution in [1.29, 1.82) is 0 Å². The van der Waals surface area contributed by atoms with Crippen LogP contribution in [0, 0.1) is 12.3 Å². The summed E-state index contributed by atoms with van der Waals surface area (Å²) in [7, 11) is 0. The minimum atomic E-state index is -0.313. The molecule has 1 heterocycles. The van der Waals surface area contributed by atoms with Gasteiger partial charge < -0.3 is 11.1 Å². The van der Waals surface area contributed by atoms with Crippen molar-refractivity contribution >= 4 is 23.3 Å². The molecule has 0 bridgehead atoms. The van der Waals surface area contributed by atoms with Crippen LogP contribution in [0.1, 0.15) is 34.3 Å². The number of nitrogens with zero attached hydrogens (tertiary/aromatic N) is 1. The molecule has 0 saturated heterocycles. The molecule has 3 aromatic rings. The molecule has 1 aliphatic carbocycles. The smallest absolute Gasteiger partial charge is 0.251 e. The Morgan fingerprint density at radius 3 is 2.32 bits per heavy atom. The van der Waals surface area contributed by atoms with Crippen molar-refractivity contribution in [2.75, 3.05) is 5.73 Å². The average molecular weight is 388 g/mol. The second kappa shape index (κ2) is 7.03. The number of nitrogens with two attached hydrogens (primary N) is 1. The highest BCUT2D eigenvalue weighted by molar-refractivity contribution is 6.32. The predicted molar refractivity (Wildman–Crippen MR) is 112 cm³/mol. The van der Waals surface area contributed by atoms with Crippen LogP contribution in [-0.2, 0) is 5.54 Å². The third-order valence-electron chi connectivity index (χ3n) is 5.02. The number of amides is 1. The Morgan fingerprint density at radius 1 is 1.07 bits per heavy atom. The predicted octanol–water partition coefficient (Wildman–Crippen LogP) is 4.38. The van der Waals surface area contributed by atoms with Gasteiger partial charge in [0.25, 0.3) is 5.91 Å². The first-order valence-electron chi connectivity index (χ1n) is 8.93. The number of rotatable bonds is 4. The summed E-state index contributed by atoms with van der Waals surface area (Å²) in [5, 5.41) is 3.61. The van der Waals surface area contributed by atoms with Crippen molar-refractivity contribution in [3.8, 4) is 23.6 Å². The number of halogens is 1. The average Bonchev–Trinajstić information content (AvgIpc) is 3.51. The van der Waals surface area contributed by atoms with Crippen LogP contribution in [0.2, 0.25) is 5.02 Å². The largest absolute Gasteiger partial charge is 0.382 e. The number of carbonyl (C=O) groups is 1. The van der Waals surface area contributed by atoms with Crippen molar-refractivity contribution in [3.05, 3.63) is 82.4 Å². The number of hydrogen-bond donors (Lipinski definition) is 2. The normalized spacial score (nSPS) is 14.1. The van der Waals surface area contributed by atoms with Crippen LogP contribution < -0.4 is 11.1 Å². The van der Waals surface area contributed by atoms with Gasteiger partial charge in [0, 0.05) is 16.7 Å². The molecule has 1 saturated carbocycles. The molecule has 0 atom stereocenters. The fourth-order valence-corrected chi connectivity index (χ4v) is 3.30. The van der Waals surface area contributed by atoms with E-state index in [1.165, 1.54) is 0 Å². The first-order valence-corrected chi connectivity index (χ1v) is 9.31. The molecule has 28 heavy (non-hydrogen) atoms. The third kappa shape index (κ3) is 3.45. The number of nitrogen functional groups attached to an aromatic ring is 1. The highest BCUT2D eigenvalue weighted by Gasteiger charge is 2.45. The van der Waals surface area contributed by atoms with E-state index < -0.39 is 0 Å². The minimum Gasteiger partial charge on any atom is -0.382 e. The summed E-state index contributed by atoms with van der Waals surface area (Å²) in [4.78, 5) is 16.9. The van der Waals surface area contributed by atoms with Crippen molar-refractivity contribution < 1.29 is 4.79 Å². The SMILES string of the molecule is C#Cc1ccc(C(=O)NC2(c3ccc(-c4ccc(Cl)c(N)n4)cc3)CC2)cc1. The maximum atomic E-state index is 12.6. The quantitative estimate of drug-likeness (QED) is 0.652. The molecule has 138 valence electrons. The Hall–Kier alpha value is -3.29. The standard InChI is InChI=1S/C23H18ClN3O/c1-2-15-3-5-17(6-4-15)22(28)27-23(13-14-23)18-9-7-16(8-10-18)20-12-11-19(24)21(25)26-20/h1,3-12H,13-14H2,(H2,25,26)(H,27,28). The van der Waals surface area contributed by atoms with Gasteiger partial charge in [-0.1, -0.05) is 41.8 Å². The molecule has 0 radical (unpaired) electrons. The molecule has 4 rings (SSSR count). The van der Waals surface area contributed by atoms with Crippen LogP contribution in [-0.4, -0.2) is 10.9 Å². The second-order valence-corrected chi connectivity index (χ2v) is 7.31. The number of nitrogens with one attached hydrogen (secondary N) is 1. The van der Waals surface area contributed by atoms with Crippen LogP contribution in [0.3, 0.4) is 0 Å².